The Balaban J connectivity index is 2.22. The fraction of sp³-hybridized carbons (Fsp3) is 0.900. The lowest BCUT2D eigenvalue weighted by Gasteiger charge is -2.31. The van der Waals surface area contributed by atoms with Gasteiger partial charge in [-0.15, -0.1) is 0 Å². The molecule has 2 heterocycles. The molecule has 2 atom stereocenters. The Labute approximate surface area is 83.8 Å². The van der Waals surface area contributed by atoms with Gasteiger partial charge in [0.05, 0.1) is 13.7 Å². The van der Waals surface area contributed by atoms with Crippen molar-refractivity contribution in [1.82, 2.24) is 4.90 Å². The van der Waals surface area contributed by atoms with Gasteiger partial charge < -0.3 is 9.84 Å². The summed E-state index contributed by atoms with van der Waals surface area (Å²) in [6.07, 6.45) is 3.66. The first-order chi connectivity index (χ1) is 6.74. The molecule has 2 saturated heterocycles. The molecule has 0 aromatic heterocycles. The quantitative estimate of drug-likeness (QED) is 0.643. The topological polar surface area (TPSA) is 49.8 Å². The van der Waals surface area contributed by atoms with E-state index in [1.165, 1.54) is 7.11 Å². The van der Waals surface area contributed by atoms with Gasteiger partial charge in [0, 0.05) is 6.04 Å². The molecular formula is C10H17NO3. The van der Waals surface area contributed by atoms with Gasteiger partial charge in [-0.2, -0.15) is 0 Å². The van der Waals surface area contributed by atoms with Crippen LogP contribution in [0.2, 0.25) is 0 Å². The minimum Gasteiger partial charge on any atom is -0.468 e. The number of carbonyl (C=O) groups is 1. The molecule has 0 bridgehead atoms. The van der Waals surface area contributed by atoms with Gasteiger partial charge in [-0.1, -0.05) is 0 Å². The standard InChI is InChI=1S/C10H17NO3/c1-14-9(13)10-4-2-6-11(10)8(7-12)3-5-10/h8,12H,2-7H2,1H3/t8-,10?/m1/s1. The molecule has 0 spiro atoms. The van der Waals surface area contributed by atoms with Crippen LogP contribution in [0, 0.1) is 0 Å². The summed E-state index contributed by atoms with van der Waals surface area (Å²) in [5.41, 5.74) is -0.401. The van der Waals surface area contributed by atoms with Crippen LogP contribution >= 0.6 is 0 Å². The molecule has 4 heteroatoms. The average Bonchev–Trinajstić information content (AvgIpc) is 2.74. The van der Waals surface area contributed by atoms with Crippen LogP contribution in [-0.2, 0) is 9.53 Å². The molecule has 2 aliphatic rings. The Morgan fingerprint density at radius 1 is 1.64 bits per heavy atom. The lowest BCUT2D eigenvalue weighted by molar-refractivity contribution is -0.152. The molecule has 14 heavy (non-hydrogen) atoms. The summed E-state index contributed by atoms with van der Waals surface area (Å²) in [6.45, 7) is 1.07. The Bertz CT molecular complexity index is 244. The lowest BCUT2D eigenvalue weighted by atomic mass is 9.94. The van der Waals surface area contributed by atoms with Crippen LogP contribution in [0.1, 0.15) is 25.7 Å². The van der Waals surface area contributed by atoms with Crippen LogP contribution in [0.3, 0.4) is 0 Å². The Morgan fingerprint density at radius 3 is 3.07 bits per heavy atom. The summed E-state index contributed by atoms with van der Waals surface area (Å²) >= 11 is 0. The number of aliphatic hydroxyl groups is 1. The van der Waals surface area contributed by atoms with Crippen molar-refractivity contribution in [1.29, 1.82) is 0 Å². The molecule has 0 saturated carbocycles. The second-order valence-electron chi connectivity index (χ2n) is 4.20. The van der Waals surface area contributed by atoms with E-state index < -0.39 is 5.54 Å². The van der Waals surface area contributed by atoms with E-state index in [-0.39, 0.29) is 18.6 Å². The van der Waals surface area contributed by atoms with Gasteiger partial charge in [-0.05, 0) is 32.2 Å². The maximum absolute atomic E-state index is 11.7. The number of methoxy groups -OCH3 is 1. The van der Waals surface area contributed by atoms with Gasteiger partial charge in [-0.25, -0.2) is 0 Å². The van der Waals surface area contributed by atoms with Crippen LogP contribution < -0.4 is 0 Å². The molecule has 80 valence electrons. The van der Waals surface area contributed by atoms with Crippen molar-refractivity contribution in [2.75, 3.05) is 20.3 Å². The molecule has 0 amide bonds. The molecule has 1 N–H and O–H groups in total. The van der Waals surface area contributed by atoms with Crippen molar-refractivity contribution in [2.45, 2.75) is 37.3 Å². The Kier molecular flexibility index (Phi) is 2.49. The molecule has 0 aliphatic carbocycles. The summed E-state index contributed by atoms with van der Waals surface area (Å²) in [5.74, 6) is -0.119. The third-order valence-electron chi connectivity index (χ3n) is 3.65. The van der Waals surface area contributed by atoms with Crippen molar-refractivity contribution in [3.8, 4) is 0 Å². The van der Waals surface area contributed by atoms with Crippen molar-refractivity contribution in [3.63, 3.8) is 0 Å². The molecule has 2 fully saturated rings. The van der Waals surface area contributed by atoms with Gasteiger partial charge in [0.1, 0.15) is 5.54 Å². The van der Waals surface area contributed by atoms with Crippen LogP contribution in [0.5, 0.6) is 0 Å². The van der Waals surface area contributed by atoms with Crippen molar-refractivity contribution < 1.29 is 14.6 Å². The summed E-state index contributed by atoms with van der Waals surface area (Å²) in [6, 6.07) is 0.164. The van der Waals surface area contributed by atoms with E-state index in [1.54, 1.807) is 0 Å². The van der Waals surface area contributed by atoms with Crippen molar-refractivity contribution in [2.24, 2.45) is 0 Å². The van der Waals surface area contributed by atoms with Gasteiger partial charge in [-0.3, -0.25) is 9.69 Å². The van der Waals surface area contributed by atoms with E-state index in [0.29, 0.717) is 0 Å². The predicted octanol–water partition coefficient (Wildman–Crippen LogP) is 0.149. The summed E-state index contributed by atoms with van der Waals surface area (Å²) in [7, 11) is 1.44. The van der Waals surface area contributed by atoms with E-state index in [2.05, 4.69) is 4.90 Å². The van der Waals surface area contributed by atoms with E-state index >= 15 is 0 Å². The first-order valence-electron chi connectivity index (χ1n) is 5.20. The number of hydrogen-bond acceptors (Lipinski definition) is 4. The first-order valence-corrected chi connectivity index (χ1v) is 5.20. The second kappa shape index (κ2) is 3.51. The molecule has 2 aliphatic heterocycles. The third kappa shape index (κ3) is 1.17. The Hall–Kier alpha value is -0.610. The number of fused-ring (bicyclic) bond motifs is 1. The largest absolute Gasteiger partial charge is 0.468 e. The molecule has 0 aromatic rings. The number of rotatable bonds is 2. The van der Waals surface area contributed by atoms with Crippen LogP contribution in [0.25, 0.3) is 0 Å². The third-order valence-corrected chi connectivity index (χ3v) is 3.65. The monoisotopic (exact) mass is 199 g/mol. The van der Waals surface area contributed by atoms with E-state index in [1.807, 2.05) is 0 Å². The minimum absolute atomic E-state index is 0.119. The van der Waals surface area contributed by atoms with Crippen molar-refractivity contribution in [3.05, 3.63) is 0 Å². The Morgan fingerprint density at radius 2 is 2.43 bits per heavy atom. The highest BCUT2D eigenvalue weighted by Gasteiger charge is 2.54. The predicted molar refractivity (Wildman–Crippen MR) is 50.8 cm³/mol. The lowest BCUT2D eigenvalue weighted by Crippen LogP contribution is -2.49. The van der Waals surface area contributed by atoms with Gasteiger partial charge in [0.25, 0.3) is 0 Å². The molecular weight excluding hydrogens is 182 g/mol. The van der Waals surface area contributed by atoms with Crippen LogP contribution in [-0.4, -0.2) is 47.8 Å². The van der Waals surface area contributed by atoms with Gasteiger partial charge in [0.2, 0.25) is 0 Å². The number of carbonyl (C=O) groups excluding carboxylic acids is 1. The number of aliphatic hydroxyl groups excluding tert-OH is 1. The SMILES string of the molecule is COC(=O)C12CCCN1[C@@H](CO)CC2. The fourth-order valence-corrected chi connectivity index (χ4v) is 2.96. The zero-order valence-corrected chi connectivity index (χ0v) is 8.53. The maximum Gasteiger partial charge on any atom is 0.326 e. The van der Waals surface area contributed by atoms with Gasteiger partial charge >= 0.3 is 5.97 Å². The average molecular weight is 199 g/mol. The summed E-state index contributed by atoms with van der Waals surface area (Å²) in [5, 5.41) is 9.19. The number of ether oxygens (including phenoxy) is 1. The van der Waals surface area contributed by atoms with Crippen LogP contribution in [0.15, 0.2) is 0 Å². The van der Waals surface area contributed by atoms with Crippen molar-refractivity contribution >= 4 is 5.97 Å². The fourth-order valence-electron chi connectivity index (χ4n) is 2.96. The molecule has 4 nitrogen and oxygen atoms in total. The number of nitrogens with zero attached hydrogens (tertiary/aromatic N) is 1. The molecule has 1 unspecified atom stereocenters. The van der Waals surface area contributed by atoms with E-state index in [9.17, 15) is 9.90 Å². The number of esters is 1. The summed E-state index contributed by atoms with van der Waals surface area (Å²) in [4.78, 5) is 13.9. The van der Waals surface area contributed by atoms with Crippen LogP contribution in [0.4, 0.5) is 0 Å². The number of hydrogen-bond donors (Lipinski definition) is 1. The van der Waals surface area contributed by atoms with E-state index in [4.69, 9.17) is 4.74 Å². The molecule has 0 radical (unpaired) electrons. The van der Waals surface area contributed by atoms with E-state index in [0.717, 1.165) is 32.2 Å². The zero-order valence-electron chi connectivity index (χ0n) is 8.53. The minimum atomic E-state index is -0.401. The molecule has 0 aromatic carbocycles. The zero-order chi connectivity index (χ0) is 10.2. The summed E-state index contributed by atoms with van der Waals surface area (Å²) < 4.78 is 4.87. The highest BCUT2D eigenvalue weighted by molar-refractivity contribution is 5.81. The maximum atomic E-state index is 11.7. The molecule has 2 rings (SSSR count). The highest BCUT2D eigenvalue weighted by Crippen LogP contribution is 2.42. The second-order valence-corrected chi connectivity index (χ2v) is 4.20. The normalized spacial score (nSPS) is 37.1. The van der Waals surface area contributed by atoms with Gasteiger partial charge in [0.15, 0.2) is 0 Å². The first kappa shape index (κ1) is 9.93. The smallest absolute Gasteiger partial charge is 0.326 e. The highest BCUT2D eigenvalue weighted by atomic mass is 16.5.